The van der Waals surface area contributed by atoms with Crippen molar-refractivity contribution in [2.45, 2.75) is 78.8 Å². The van der Waals surface area contributed by atoms with Gasteiger partial charge in [-0.2, -0.15) is 0 Å². The number of nitrogens with one attached hydrogen (secondary N) is 2. The van der Waals surface area contributed by atoms with Crippen molar-refractivity contribution in [1.82, 2.24) is 10.6 Å². The van der Waals surface area contributed by atoms with Gasteiger partial charge in [0.05, 0.1) is 21.7 Å². The zero-order valence-corrected chi connectivity index (χ0v) is 25.6. The van der Waals surface area contributed by atoms with Gasteiger partial charge in [0.2, 0.25) is 11.8 Å². The molecule has 0 atom stereocenters. The van der Waals surface area contributed by atoms with E-state index in [0.29, 0.717) is 12.8 Å². The second-order valence-corrected chi connectivity index (χ2v) is 20.6. The van der Waals surface area contributed by atoms with Gasteiger partial charge in [-0.1, -0.05) is 0 Å². The van der Waals surface area contributed by atoms with Crippen LogP contribution in [0.25, 0.3) is 0 Å². The molecule has 0 heterocycles. The molecule has 4 N–H and O–H groups in total. The molecule has 0 aromatic carbocycles. The average molecular weight is 547 g/mol. The topological polar surface area (TPSA) is 151 Å². The molecular weight excluding hydrogens is 500 g/mol. The van der Waals surface area contributed by atoms with Gasteiger partial charge in [-0.05, 0) is 78.8 Å². The molecule has 0 radical (unpaired) electrons. The van der Waals surface area contributed by atoms with Crippen LogP contribution in [0.15, 0.2) is 0 Å². The van der Waals surface area contributed by atoms with E-state index in [1.807, 2.05) is 26.2 Å². The van der Waals surface area contributed by atoms with Gasteiger partial charge in [-0.25, -0.2) is 0 Å². The summed E-state index contributed by atoms with van der Waals surface area (Å²) in [5, 5.41) is 26.2. The summed E-state index contributed by atoms with van der Waals surface area (Å²) in [6.07, 6.45) is 1.22. The number of carbonyl (C=O) groups excluding carboxylic acids is 2. The van der Waals surface area contributed by atoms with Gasteiger partial charge >= 0.3 is 11.9 Å². The third kappa shape index (κ3) is 4.88. The van der Waals surface area contributed by atoms with Crippen molar-refractivity contribution in [2.24, 2.45) is 21.7 Å². The van der Waals surface area contributed by atoms with Crippen LogP contribution in [0.1, 0.15) is 40.5 Å². The van der Waals surface area contributed by atoms with Crippen molar-refractivity contribution >= 4 is 40.4 Å². The Balaban J connectivity index is 3.25. The first-order valence-corrected chi connectivity index (χ1v) is 18.6. The highest BCUT2D eigenvalue weighted by molar-refractivity contribution is 6.71. The van der Waals surface area contributed by atoms with Crippen molar-refractivity contribution in [3.05, 3.63) is 0 Å². The second kappa shape index (κ2) is 10.9. The van der Waals surface area contributed by atoms with Gasteiger partial charge < -0.3 is 29.7 Å². The van der Waals surface area contributed by atoms with E-state index in [0.717, 1.165) is 12.1 Å². The van der Waals surface area contributed by atoms with E-state index in [1.165, 1.54) is 27.7 Å². The first-order chi connectivity index (χ1) is 16.3. The van der Waals surface area contributed by atoms with E-state index in [9.17, 15) is 29.4 Å². The van der Waals surface area contributed by atoms with E-state index < -0.39 is 62.0 Å². The largest absolute Gasteiger partial charge is 0.481 e. The van der Waals surface area contributed by atoms with E-state index in [-0.39, 0.29) is 13.1 Å². The maximum absolute atomic E-state index is 13.5. The van der Waals surface area contributed by atoms with Crippen molar-refractivity contribution in [1.29, 1.82) is 0 Å². The van der Waals surface area contributed by atoms with E-state index >= 15 is 0 Å². The average Bonchev–Trinajstić information content (AvgIpc) is 2.81. The monoisotopic (exact) mass is 546 g/mol. The molecule has 1 saturated carbocycles. The van der Waals surface area contributed by atoms with E-state index in [1.54, 1.807) is 14.2 Å². The summed E-state index contributed by atoms with van der Waals surface area (Å²) in [4.78, 5) is 52.4. The van der Waals surface area contributed by atoms with Crippen molar-refractivity contribution in [2.75, 3.05) is 27.3 Å². The molecule has 36 heavy (non-hydrogen) atoms. The summed E-state index contributed by atoms with van der Waals surface area (Å²) in [6, 6.07) is 1.55. The molecule has 0 aromatic rings. The van der Waals surface area contributed by atoms with Crippen LogP contribution >= 0.6 is 0 Å². The predicted molar refractivity (Wildman–Crippen MR) is 142 cm³/mol. The zero-order chi connectivity index (χ0) is 28.4. The molecule has 2 amide bonds. The Bertz CT molecular complexity index is 796. The lowest BCUT2D eigenvalue weighted by Gasteiger charge is -2.72. The molecule has 1 fully saturated rings. The number of amides is 2. The van der Waals surface area contributed by atoms with Crippen LogP contribution < -0.4 is 10.6 Å². The number of carboxylic acid groups (broad SMARTS) is 2. The second-order valence-electron chi connectivity index (χ2n) is 11.8. The molecule has 1 rings (SSSR count). The van der Waals surface area contributed by atoms with Gasteiger partial charge in [0, 0.05) is 27.3 Å². The summed E-state index contributed by atoms with van der Waals surface area (Å²) in [6.45, 7) is 14.0. The number of carboxylic acids is 2. The normalized spacial score (nSPS) is 30.3. The van der Waals surface area contributed by atoms with Gasteiger partial charge in [-0.15, -0.1) is 0 Å². The third-order valence-electron chi connectivity index (χ3n) is 9.35. The summed E-state index contributed by atoms with van der Waals surface area (Å²) < 4.78 is 11.0. The van der Waals surface area contributed by atoms with Gasteiger partial charge in [0.25, 0.3) is 0 Å². The Morgan fingerprint density at radius 2 is 0.917 bits per heavy atom. The van der Waals surface area contributed by atoms with Crippen LogP contribution in [-0.2, 0) is 28.0 Å². The third-order valence-corrected chi connectivity index (χ3v) is 14.7. The number of carbonyl (C=O) groups is 4. The molecule has 0 spiro atoms. The maximum Gasteiger partial charge on any atom is 0.311 e. The van der Waals surface area contributed by atoms with Crippen LogP contribution in [0.2, 0.25) is 38.3 Å². The van der Waals surface area contributed by atoms with Crippen LogP contribution in [0.5, 0.6) is 0 Å². The van der Waals surface area contributed by atoms with E-state index in [2.05, 4.69) is 10.6 Å². The predicted octanol–water partition coefficient (Wildman–Crippen LogP) is 2.91. The van der Waals surface area contributed by atoms with Gasteiger partial charge in [0.15, 0.2) is 16.6 Å². The first kappa shape index (κ1) is 32.3. The molecule has 0 bridgehead atoms. The smallest absolute Gasteiger partial charge is 0.311 e. The van der Waals surface area contributed by atoms with Gasteiger partial charge in [-0.3, -0.25) is 19.2 Å². The summed E-state index contributed by atoms with van der Waals surface area (Å²) >= 11 is 0. The molecule has 0 aromatic heterocycles. The molecule has 12 heteroatoms. The Morgan fingerprint density at radius 3 is 1.14 bits per heavy atom. The fourth-order valence-corrected chi connectivity index (χ4v) is 8.16. The molecule has 1 aliphatic carbocycles. The van der Waals surface area contributed by atoms with Crippen LogP contribution in [0.3, 0.4) is 0 Å². The standard InChI is InChI=1S/C24H46N2O8Si2/c1-21(17(27)25-13-11-15-35(7,8)33-5)23(3,19(29)30)22(2,24(21,4)20(31)32)18(28)26-14-12-16-36(9,10)34-6/h11-16H2,1-10H3,(H,25,27)(H,26,28)(H,29,30)(H,31,32). The Hall–Kier alpha value is -1.77. The Labute approximate surface area is 217 Å². The lowest BCUT2D eigenvalue weighted by Crippen LogP contribution is -2.86. The summed E-state index contributed by atoms with van der Waals surface area (Å²) in [5.74, 6) is -4.16. The molecular formula is C24H46N2O8Si2. The number of hydrogen-bond donors (Lipinski definition) is 4. The highest BCUT2D eigenvalue weighted by Gasteiger charge is 2.90. The Morgan fingerprint density at radius 1 is 0.639 bits per heavy atom. The lowest BCUT2D eigenvalue weighted by atomic mass is 9.25. The Kier molecular flexibility index (Phi) is 9.79. The van der Waals surface area contributed by atoms with Gasteiger partial charge in [0.1, 0.15) is 0 Å². The van der Waals surface area contributed by atoms with Crippen molar-refractivity contribution in [3.63, 3.8) is 0 Å². The molecule has 0 saturated heterocycles. The van der Waals surface area contributed by atoms with E-state index in [4.69, 9.17) is 8.85 Å². The minimum atomic E-state index is -1.97. The zero-order valence-electron chi connectivity index (χ0n) is 23.6. The molecule has 0 unspecified atom stereocenters. The number of aliphatic carboxylic acids is 2. The number of rotatable bonds is 14. The maximum atomic E-state index is 13.5. The fraction of sp³-hybridized carbons (Fsp3) is 0.833. The SMILES string of the molecule is CO[Si](C)(C)CCCNC(=O)C1(C)C(C)(C(=O)O)C(C)(C(=O)NCCC[Si](C)(C)OC)C1(C)C(=O)O. The number of hydrogen-bond acceptors (Lipinski definition) is 6. The highest BCUT2D eigenvalue weighted by atomic mass is 28.4. The van der Waals surface area contributed by atoms with Crippen LogP contribution in [0.4, 0.5) is 0 Å². The molecule has 10 nitrogen and oxygen atoms in total. The van der Waals surface area contributed by atoms with Crippen molar-refractivity contribution in [3.8, 4) is 0 Å². The minimum Gasteiger partial charge on any atom is -0.481 e. The molecule has 1 aliphatic rings. The lowest BCUT2D eigenvalue weighted by molar-refractivity contribution is -0.281. The molecule has 0 aliphatic heterocycles. The summed E-state index contributed by atoms with van der Waals surface area (Å²) in [7, 11) is -0.385. The first-order valence-electron chi connectivity index (χ1n) is 12.4. The molecule has 208 valence electrons. The van der Waals surface area contributed by atoms with Crippen LogP contribution in [-0.4, -0.2) is 77.9 Å². The summed E-state index contributed by atoms with van der Waals surface area (Å²) in [5.41, 5.74) is -7.71. The van der Waals surface area contributed by atoms with Crippen molar-refractivity contribution < 1.29 is 38.2 Å². The highest BCUT2D eigenvalue weighted by Crippen LogP contribution is 2.78. The quantitative estimate of drug-likeness (QED) is 0.192. The van der Waals surface area contributed by atoms with Crippen LogP contribution in [0, 0.1) is 21.7 Å². The minimum absolute atomic E-state index is 0.252. The fourth-order valence-electron chi connectivity index (χ4n) is 5.69.